The van der Waals surface area contributed by atoms with Crippen LogP contribution in [0.5, 0.6) is 0 Å². The maximum atomic E-state index is 12.2. The molecule has 68 valence electrons. The maximum Gasteiger partial charge on any atom is 0.363 e. The normalized spacial score (nSPS) is 10.5. The van der Waals surface area contributed by atoms with Gasteiger partial charge in [-0.25, -0.2) is 0 Å². The van der Waals surface area contributed by atoms with E-state index in [0.29, 0.717) is 10.6 Å². The van der Waals surface area contributed by atoms with E-state index in [0.717, 1.165) is 0 Å². The van der Waals surface area contributed by atoms with Gasteiger partial charge in [0.05, 0.1) is 5.02 Å². The zero-order chi connectivity index (χ0) is 9.90. The Morgan fingerprint density at radius 1 is 1.31 bits per heavy atom. The average molecular weight is 265 g/mol. The van der Waals surface area contributed by atoms with Crippen molar-refractivity contribution in [2.45, 2.75) is 4.83 Å². The molecule has 1 rings (SSSR count). The minimum Gasteiger partial charge on any atom is -0.180 e. The molecule has 0 nitrogen and oxygen atoms in total. The van der Waals surface area contributed by atoms with E-state index in [2.05, 4.69) is 21.9 Å². The van der Waals surface area contributed by atoms with Gasteiger partial charge >= 0.3 is 4.83 Å². The van der Waals surface area contributed by atoms with Gasteiger partial charge in [-0.15, -0.1) is 0 Å². The Morgan fingerprint density at radius 3 is 2.46 bits per heavy atom. The van der Waals surface area contributed by atoms with Gasteiger partial charge in [0, 0.05) is 21.5 Å². The molecule has 1 aromatic rings. The highest BCUT2D eigenvalue weighted by atomic mass is 79.9. The fraction of sp³-hybridized carbons (Fsp3) is 0.111. The van der Waals surface area contributed by atoms with Crippen LogP contribution in [0.4, 0.5) is 8.78 Å². The lowest BCUT2D eigenvalue weighted by atomic mass is 10.2. The summed E-state index contributed by atoms with van der Waals surface area (Å²) in [6, 6.07) is 6.56. The molecule has 0 amide bonds. The van der Waals surface area contributed by atoms with Gasteiger partial charge in [0.15, 0.2) is 0 Å². The van der Waals surface area contributed by atoms with Crippen LogP contribution in [-0.4, -0.2) is 4.83 Å². The fourth-order valence-electron chi connectivity index (χ4n) is 0.701. The molecule has 4 heteroatoms. The van der Waals surface area contributed by atoms with E-state index in [4.69, 9.17) is 11.6 Å². The topological polar surface area (TPSA) is 0 Å². The molecule has 0 fully saturated rings. The van der Waals surface area contributed by atoms with Gasteiger partial charge in [0.1, 0.15) is 0 Å². The summed E-state index contributed by atoms with van der Waals surface area (Å²) in [6.07, 6.45) is 0. The first kappa shape index (κ1) is 10.5. The molecule has 0 spiro atoms. The summed E-state index contributed by atoms with van der Waals surface area (Å²) >= 11 is 7.80. The van der Waals surface area contributed by atoms with Crippen LogP contribution in [0.15, 0.2) is 24.3 Å². The predicted octanol–water partition coefficient (Wildman–Crippen LogP) is 3.68. The Kier molecular flexibility index (Phi) is 3.29. The fourth-order valence-corrected chi connectivity index (χ4v) is 0.983. The number of rotatable bonds is 0. The van der Waals surface area contributed by atoms with Crippen molar-refractivity contribution in [2.24, 2.45) is 0 Å². The van der Waals surface area contributed by atoms with Crippen molar-refractivity contribution in [1.29, 1.82) is 0 Å². The van der Waals surface area contributed by atoms with Gasteiger partial charge in [-0.3, -0.25) is 0 Å². The lowest BCUT2D eigenvalue weighted by molar-refractivity contribution is 0.182. The minimum absolute atomic E-state index is 0.367. The highest BCUT2D eigenvalue weighted by Crippen LogP contribution is 2.20. The zero-order valence-electron chi connectivity index (χ0n) is 6.32. The average Bonchev–Trinajstić information content (AvgIpc) is 2.01. The Morgan fingerprint density at radius 2 is 1.92 bits per heavy atom. The molecule has 0 aliphatic carbocycles. The second-order valence-corrected chi connectivity index (χ2v) is 3.63. The van der Waals surface area contributed by atoms with Crippen LogP contribution >= 0.6 is 27.5 Å². The van der Waals surface area contributed by atoms with Crippen LogP contribution in [-0.2, 0) is 0 Å². The van der Waals surface area contributed by atoms with Gasteiger partial charge in [0.2, 0.25) is 0 Å². The molecular weight excluding hydrogens is 261 g/mol. The van der Waals surface area contributed by atoms with E-state index >= 15 is 0 Å². The molecule has 0 aromatic heterocycles. The van der Waals surface area contributed by atoms with Gasteiger partial charge in [-0.1, -0.05) is 29.7 Å². The minimum atomic E-state index is -3.16. The number of hydrogen-bond donors (Lipinski definition) is 0. The third-order valence-electron chi connectivity index (χ3n) is 1.21. The van der Waals surface area contributed by atoms with Gasteiger partial charge in [-0.05, 0) is 18.1 Å². The molecule has 1 aromatic carbocycles. The molecule has 0 heterocycles. The highest BCUT2D eigenvalue weighted by Gasteiger charge is 2.18. The Labute approximate surface area is 88.0 Å². The molecule has 0 saturated heterocycles. The number of benzene rings is 1. The molecule has 0 atom stereocenters. The molecule has 0 N–H and O–H groups in total. The van der Waals surface area contributed by atoms with E-state index in [-0.39, 0.29) is 0 Å². The van der Waals surface area contributed by atoms with Gasteiger partial charge < -0.3 is 0 Å². The van der Waals surface area contributed by atoms with Crippen LogP contribution in [0.3, 0.4) is 0 Å². The molecule has 0 radical (unpaired) electrons. The summed E-state index contributed by atoms with van der Waals surface area (Å²) < 4.78 is 24.5. The van der Waals surface area contributed by atoms with Crippen molar-refractivity contribution in [2.75, 3.05) is 0 Å². The molecule has 13 heavy (non-hydrogen) atoms. The maximum absolute atomic E-state index is 12.2. The second kappa shape index (κ2) is 4.08. The van der Waals surface area contributed by atoms with Crippen molar-refractivity contribution in [3.05, 3.63) is 34.9 Å². The van der Waals surface area contributed by atoms with Crippen LogP contribution in [0, 0.1) is 11.8 Å². The smallest absolute Gasteiger partial charge is 0.180 e. The van der Waals surface area contributed by atoms with E-state index in [1.165, 1.54) is 0 Å². The molecule has 0 aliphatic rings. The van der Waals surface area contributed by atoms with Crippen LogP contribution in [0.25, 0.3) is 0 Å². The molecule has 0 aliphatic heterocycles. The summed E-state index contributed by atoms with van der Waals surface area (Å²) in [7, 11) is 0. The highest BCUT2D eigenvalue weighted by molar-refractivity contribution is 9.10. The molecule has 0 saturated carbocycles. The van der Waals surface area contributed by atoms with Crippen LogP contribution < -0.4 is 0 Å². The standard InChI is InChI=1S/C9H4BrClF2/c10-9(12,13)6-5-7-3-1-2-4-8(7)11/h1-4H. The summed E-state index contributed by atoms with van der Waals surface area (Å²) in [5.74, 6) is 4.00. The summed E-state index contributed by atoms with van der Waals surface area (Å²) in [5.41, 5.74) is 0.392. The summed E-state index contributed by atoms with van der Waals surface area (Å²) in [5, 5.41) is 0.367. The van der Waals surface area contributed by atoms with Crippen molar-refractivity contribution in [1.82, 2.24) is 0 Å². The van der Waals surface area contributed by atoms with Crippen molar-refractivity contribution >= 4 is 27.5 Å². The summed E-state index contributed by atoms with van der Waals surface area (Å²) in [6.45, 7) is 0. The second-order valence-electron chi connectivity index (χ2n) is 2.23. The SMILES string of the molecule is FC(F)(Br)C#Cc1ccccc1Cl. The Bertz CT molecular complexity index is 360. The van der Waals surface area contributed by atoms with Crippen molar-refractivity contribution < 1.29 is 8.78 Å². The van der Waals surface area contributed by atoms with Crippen LogP contribution in [0.1, 0.15) is 5.56 Å². The zero-order valence-corrected chi connectivity index (χ0v) is 8.66. The lowest BCUT2D eigenvalue weighted by Gasteiger charge is -1.96. The van der Waals surface area contributed by atoms with E-state index in [1.807, 2.05) is 0 Å². The van der Waals surface area contributed by atoms with E-state index < -0.39 is 4.83 Å². The van der Waals surface area contributed by atoms with Crippen molar-refractivity contribution in [3.63, 3.8) is 0 Å². The Balaban J connectivity index is 2.97. The van der Waals surface area contributed by atoms with Crippen molar-refractivity contribution in [3.8, 4) is 11.8 Å². The first-order valence-electron chi connectivity index (χ1n) is 3.33. The van der Waals surface area contributed by atoms with Crippen LogP contribution in [0.2, 0.25) is 5.02 Å². The van der Waals surface area contributed by atoms with Gasteiger partial charge in [-0.2, -0.15) is 8.78 Å². The molecule has 0 bridgehead atoms. The van der Waals surface area contributed by atoms with Gasteiger partial charge in [0.25, 0.3) is 0 Å². The Hall–Kier alpha value is -0.590. The first-order chi connectivity index (χ1) is 5.99. The van der Waals surface area contributed by atoms with E-state index in [9.17, 15) is 8.78 Å². The molecule has 0 unspecified atom stereocenters. The third-order valence-corrected chi connectivity index (χ3v) is 1.74. The quantitative estimate of drug-likeness (QED) is 0.496. The number of hydrogen-bond acceptors (Lipinski definition) is 0. The number of halogens is 4. The van der Waals surface area contributed by atoms with E-state index in [1.54, 1.807) is 30.2 Å². The third kappa shape index (κ3) is 3.75. The summed E-state index contributed by atoms with van der Waals surface area (Å²) in [4.78, 5) is -3.16. The largest absolute Gasteiger partial charge is 0.363 e. The number of alkyl halides is 3. The lowest BCUT2D eigenvalue weighted by Crippen LogP contribution is -1.98. The first-order valence-corrected chi connectivity index (χ1v) is 4.50. The molecular formula is C9H4BrClF2. The monoisotopic (exact) mass is 264 g/mol. The predicted molar refractivity (Wildman–Crippen MR) is 52.2 cm³/mol.